The topological polar surface area (TPSA) is 60.2 Å². The summed E-state index contributed by atoms with van der Waals surface area (Å²) in [5.74, 6) is -0.0123. The number of aromatic nitrogens is 1. The zero-order chi connectivity index (χ0) is 18.1. The van der Waals surface area contributed by atoms with E-state index in [2.05, 4.69) is 36.1 Å². The van der Waals surface area contributed by atoms with Gasteiger partial charge in [-0.3, -0.25) is 4.79 Å². The Labute approximate surface area is 156 Å². The highest BCUT2D eigenvalue weighted by atomic mass is 32.1. The van der Waals surface area contributed by atoms with E-state index in [-0.39, 0.29) is 5.91 Å². The first kappa shape index (κ1) is 16.6. The molecule has 4 rings (SSSR count). The third-order valence-electron chi connectivity index (χ3n) is 4.61. The second-order valence-electron chi connectivity index (χ2n) is 6.44. The van der Waals surface area contributed by atoms with Gasteiger partial charge in [0.25, 0.3) is 5.91 Å². The summed E-state index contributed by atoms with van der Waals surface area (Å²) < 4.78 is 1.20. The molecule has 1 fully saturated rings. The smallest absolute Gasteiger partial charge is 0.254 e. The van der Waals surface area contributed by atoms with Gasteiger partial charge in [-0.1, -0.05) is 23.5 Å². The number of fused-ring (bicyclic) bond motifs is 1. The number of thiazole rings is 1. The second kappa shape index (κ2) is 6.77. The van der Waals surface area contributed by atoms with Gasteiger partial charge in [0.05, 0.1) is 21.8 Å². The summed E-state index contributed by atoms with van der Waals surface area (Å²) >= 11 is 1.70. The number of benzene rings is 2. The van der Waals surface area contributed by atoms with Crippen LogP contribution in [0, 0.1) is 18.3 Å². The summed E-state index contributed by atoms with van der Waals surface area (Å²) in [5.41, 5.74) is 3.36. The van der Waals surface area contributed by atoms with Gasteiger partial charge >= 0.3 is 0 Å². The lowest BCUT2D eigenvalue weighted by Crippen LogP contribution is -2.48. The summed E-state index contributed by atoms with van der Waals surface area (Å²) in [6, 6.07) is 15.3. The van der Waals surface area contributed by atoms with E-state index in [9.17, 15) is 4.79 Å². The molecule has 6 heteroatoms. The Hall–Kier alpha value is -2.91. The van der Waals surface area contributed by atoms with E-state index in [1.807, 2.05) is 4.90 Å². The maximum absolute atomic E-state index is 12.7. The lowest BCUT2D eigenvalue weighted by atomic mass is 10.1. The summed E-state index contributed by atoms with van der Waals surface area (Å²) in [6.45, 7) is 4.94. The van der Waals surface area contributed by atoms with E-state index >= 15 is 0 Å². The van der Waals surface area contributed by atoms with Gasteiger partial charge in [0.15, 0.2) is 5.13 Å². The molecule has 2 aromatic carbocycles. The molecule has 0 atom stereocenters. The van der Waals surface area contributed by atoms with Gasteiger partial charge in [0.2, 0.25) is 0 Å². The molecule has 130 valence electrons. The number of amides is 1. The van der Waals surface area contributed by atoms with Crippen molar-refractivity contribution in [1.29, 1.82) is 5.26 Å². The summed E-state index contributed by atoms with van der Waals surface area (Å²) in [7, 11) is 0. The fourth-order valence-electron chi connectivity index (χ4n) is 3.16. The largest absolute Gasteiger partial charge is 0.345 e. The highest BCUT2D eigenvalue weighted by Crippen LogP contribution is 2.30. The number of anilines is 1. The van der Waals surface area contributed by atoms with Crippen molar-refractivity contribution in [3.05, 3.63) is 59.2 Å². The van der Waals surface area contributed by atoms with Gasteiger partial charge in [-0.2, -0.15) is 5.26 Å². The van der Waals surface area contributed by atoms with E-state index < -0.39 is 0 Å². The van der Waals surface area contributed by atoms with E-state index in [0.29, 0.717) is 24.2 Å². The van der Waals surface area contributed by atoms with Crippen molar-refractivity contribution < 1.29 is 4.79 Å². The molecule has 0 spiro atoms. The average Bonchev–Trinajstić information content (AvgIpc) is 3.10. The molecule has 1 amide bonds. The molecule has 1 aliphatic rings. The van der Waals surface area contributed by atoms with Crippen LogP contribution < -0.4 is 4.90 Å². The van der Waals surface area contributed by atoms with Crippen molar-refractivity contribution in [3.63, 3.8) is 0 Å². The van der Waals surface area contributed by atoms with Gasteiger partial charge in [0, 0.05) is 31.7 Å². The van der Waals surface area contributed by atoms with E-state index in [1.165, 1.54) is 10.3 Å². The third-order valence-corrected chi connectivity index (χ3v) is 5.69. The van der Waals surface area contributed by atoms with Crippen molar-refractivity contribution in [2.24, 2.45) is 0 Å². The minimum atomic E-state index is -0.0123. The molecule has 1 aromatic heterocycles. The van der Waals surface area contributed by atoms with Gasteiger partial charge < -0.3 is 9.80 Å². The molecule has 0 unspecified atom stereocenters. The number of piperazine rings is 1. The number of nitriles is 1. The quantitative estimate of drug-likeness (QED) is 0.701. The Morgan fingerprint density at radius 1 is 1.15 bits per heavy atom. The molecular weight excluding hydrogens is 344 g/mol. The first-order chi connectivity index (χ1) is 12.6. The van der Waals surface area contributed by atoms with Crippen molar-refractivity contribution >= 4 is 32.6 Å². The normalized spacial score (nSPS) is 14.5. The van der Waals surface area contributed by atoms with Crippen LogP contribution in [0.15, 0.2) is 42.5 Å². The molecular formula is C20H18N4OS. The van der Waals surface area contributed by atoms with Crippen molar-refractivity contribution in [1.82, 2.24) is 9.88 Å². The first-order valence-electron chi connectivity index (χ1n) is 8.55. The van der Waals surface area contributed by atoms with Gasteiger partial charge in [-0.25, -0.2) is 4.98 Å². The highest BCUT2D eigenvalue weighted by Gasteiger charge is 2.24. The predicted molar refractivity (Wildman–Crippen MR) is 104 cm³/mol. The van der Waals surface area contributed by atoms with Crippen LogP contribution in [-0.2, 0) is 0 Å². The van der Waals surface area contributed by atoms with Gasteiger partial charge in [-0.15, -0.1) is 0 Å². The molecule has 0 bridgehead atoms. The Morgan fingerprint density at radius 2 is 1.96 bits per heavy atom. The molecule has 26 heavy (non-hydrogen) atoms. The zero-order valence-corrected chi connectivity index (χ0v) is 15.3. The van der Waals surface area contributed by atoms with Crippen molar-refractivity contribution in [2.75, 3.05) is 31.1 Å². The van der Waals surface area contributed by atoms with Crippen LogP contribution in [0.1, 0.15) is 21.5 Å². The molecule has 2 heterocycles. The fraction of sp³-hybridized carbons (Fsp3) is 0.250. The minimum absolute atomic E-state index is 0.0123. The van der Waals surface area contributed by atoms with Gasteiger partial charge in [0.1, 0.15) is 0 Å². The summed E-state index contributed by atoms with van der Waals surface area (Å²) in [6.07, 6.45) is 0. The maximum atomic E-state index is 12.7. The Kier molecular flexibility index (Phi) is 4.31. The van der Waals surface area contributed by atoms with Crippen LogP contribution in [0.25, 0.3) is 10.2 Å². The summed E-state index contributed by atoms with van der Waals surface area (Å²) in [5, 5.41) is 10.0. The molecule has 1 aliphatic heterocycles. The number of carbonyl (C=O) groups excluding carboxylic acids is 1. The number of rotatable bonds is 2. The SMILES string of the molecule is Cc1ccc2nc(N3CCN(C(=O)c4cccc(C#N)c4)CC3)sc2c1. The van der Waals surface area contributed by atoms with E-state index in [4.69, 9.17) is 10.2 Å². The monoisotopic (exact) mass is 362 g/mol. The molecule has 5 nitrogen and oxygen atoms in total. The maximum Gasteiger partial charge on any atom is 0.254 e. The number of nitrogens with zero attached hydrogens (tertiary/aromatic N) is 4. The molecule has 3 aromatic rings. The number of hydrogen-bond donors (Lipinski definition) is 0. The van der Waals surface area contributed by atoms with Crippen LogP contribution in [0.5, 0.6) is 0 Å². The van der Waals surface area contributed by atoms with Crippen LogP contribution in [0.4, 0.5) is 5.13 Å². The Balaban J connectivity index is 1.46. The second-order valence-corrected chi connectivity index (χ2v) is 7.45. The van der Waals surface area contributed by atoms with E-state index in [0.717, 1.165) is 23.7 Å². The fourth-order valence-corrected chi connectivity index (χ4v) is 4.28. The Morgan fingerprint density at radius 3 is 2.73 bits per heavy atom. The van der Waals surface area contributed by atoms with Crippen LogP contribution in [-0.4, -0.2) is 42.0 Å². The van der Waals surface area contributed by atoms with Gasteiger partial charge in [-0.05, 0) is 42.8 Å². The van der Waals surface area contributed by atoms with Crippen LogP contribution in [0.2, 0.25) is 0 Å². The lowest BCUT2D eigenvalue weighted by Gasteiger charge is -2.34. The average molecular weight is 362 g/mol. The number of aryl methyl sites for hydroxylation is 1. The van der Waals surface area contributed by atoms with Crippen LogP contribution in [0.3, 0.4) is 0 Å². The number of carbonyl (C=O) groups is 1. The number of hydrogen-bond acceptors (Lipinski definition) is 5. The van der Waals surface area contributed by atoms with Crippen molar-refractivity contribution in [3.8, 4) is 6.07 Å². The molecule has 1 saturated heterocycles. The zero-order valence-electron chi connectivity index (χ0n) is 14.5. The third kappa shape index (κ3) is 3.14. The van der Waals surface area contributed by atoms with Crippen LogP contribution >= 0.6 is 11.3 Å². The molecule has 0 aliphatic carbocycles. The predicted octanol–water partition coefficient (Wildman–Crippen LogP) is 3.44. The van der Waals surface area contributed by atoms with E-state index in [1.54, 1.807) is 35.6 Å². The van der Waals surface area contributed by atoms with Crippen molar-refractivity contribution in [2.45, 2.75) is 6.92 Å². The Bertz CT molecular complexity index is 1010. The molecule has 0 saturated carbocycles. The first-order valence-corrected chi connectivity index (χ1v) is 9.37. The molecule has 0 N–H and O–H groups in total. The highest BCUT2D eigenvalue weighted by molar-refractivity contribution is 7.22. The molecule has 0 radical (unpaired) electrons. The minimum Gasteiger partial charge on any atom is -0.345 e. The lowest BCUT2D eigenvalue weighted by molar-refractivity contribution is 0.0746. The summed E-state index contributed by atoms with van der Waals surface area (Å²) in [4.78, 5) is 21.5. The standard InChI is InChI=1S/C20H18N4OS/c1-14-5-6-17-18(11-14)26-20(22-17)24-9-7-23(8-10-24)19(25)16-4-2-3-15(12-16)13-21/h2-6,11-12H,7-10H2,1H3.